The average Bonchev–Trinajstić information content (AvgIpc) is 2.58. The molecule has 0 bridgehead atoms. The van der Waals surface area contributed by atoms with Crippen molar-refractivity contribution in [1.29, 1.82) is 0 Å². The summed E-state index contributed by atoms with van der Waals surface area (Å²) in [5.74, 6) is 0.247. The lowest BCUT2D eigenvalue weighted by Crippen LogP contribution is -2.49. The number of nitrogens with one attached hydrogen (secondary N) is 1. The number of carbonyl (C=O) groups is 1. The van der Waals surface area contributed by atoms with Crippen molar-refractivity contribution in [2.75, 3.05) is 0 Å². The Bertz CT molecular complexity index is 333. The second-order valence-corrected chi connectivity index (χ2v) is 8.32. The van der Waals surface area contributed by atoms with E-state index in [-0.39, 0.29) is 17.9 Å². The molecule has 0 radical (unpaired) electrons. The Morgan fingerprint density at radius 2 is 1.68 bits per heavy atom. The molecule has 110 valence electrons. The molecule has 2 unspecified atom stereocenters. The highest BCUT2D eigenvalue weighted by molar-refractivity contribution is 5.80. The van der Waals surface area contributed by atoms with Crippen LogP contribution in [0.2, 0.25) is 0 Å². The fraction of sp³-hybridized carbons (Fsp3) is 0.938. The molecular weight excluding hydrogens is 236 g/mol. The van der Waals surface area contributed by atoms with Gasteiger partial charge in [0.1, 0.15) is 0 Å². The van der Waals surface area contributed by atoms with Crippen molar-refractivity contribution < 1.29 is 4.79 Å². The Labute approximate surface area is 117 Å². The van der Waals surface area contributed by atoms with Crippen LogP contribution in [-0.4, -0.2) is 18.0 Å². The smallest absolute Gasteiger partial charge is 0.224 e. The third kappa shape index (κ3) is 3.71. The van der Waals surface area contributed by atoms with Crippen LogP contribution in [-0.2, 0) is 4.79 Å². The first-order chi connectivity index (χ1) is 8.69. The van der Waals surface area contributed by atoms with Crippen LogP contribution < -0.4 is 11.1 Å². The van der Waals surface area contributed by atoms with Crippen molar-refractivity contribution in [3.05, 3.63) is 0 Å². The highest BCUT2D eigenvalue weighted by Gasteiger charge is 2.40. The summed E-state index contributed by atoms with van der Waals surface area (Å²) in [4.78, 5) is 12.4. The summed E-state index contributed by atoms with van der Waals surface area (Å²) in [7, 11) is 0. The standard InChI is InChI=1S/C16H30N2O/c1-15(2)8-11(9-16(3,4)10-15)18-14(19)12-6-5-7-13(12)17/h11-13H,5-10,17H2,1-4H3,(H,18,19). The van der Waals surface area contributed by atoms with Crippen molar-refractivity contribution in [3.8, 4) is 0 Å². The van der Waals surface area contributed by atoms with Gasteiger partial charge in [-0.25, -0.2) is 0 Å². The minimum absolute atomic E-state index is 0.0492. The van der Waals surface area contributed by atoms with Gasteiger partial charge in [0.2, 0.25) is 5.91 Å². The molecule has 3 N–H and O–H groups in total. The molecule has 0 saturated heterocycles. The zero-order valence-corrected chi connectivity index (χ0v) is 13.0. The highest BCUT2D eigenvalue weighted by Crippen LogP contribution is 2.45. The van der Waals surface area contributed by atoms with E-state index >= 15 is 0 Å². The van der Waals surface area contributed by atoms with E-state index in [4.69, 9.17) is 5.73 Å². The Morgan fingerprint density at radius 3 is 2.16 bits per heavy atom. The number of hydrogen-bond donors (Lipinski definition) is 2. The Balaban J connectivity index is 1.96. The molecule has 0 aromatic carbocycles. The molecule has 2 rings (SSSR count). The minimum Gasteiger partial charge on any atom is -0.353 e. The van der Waals surface area contributed by atoms with Gasteiger partial charge in [-0.1, -0.05) is 34.1 Å². The van der Waals surface area contributed by atoms with Gasteiger partial charge in [0.05, 0.1) is 5.92 Å². The van der Waals surface area contributed by atoms with E-state index in [1.54, 1.807) is 0 Å². The molecule has 2 fully saturated rings. The van der Waals surface area contributed by atoms with Crippen LogP contribution in [0.5, 0.6) is 0 Å². The van der Waals surface area contributed by atoms with Crippen LogP contribution in [0.1, 0.15) is 66.2 Å². The zero-order valence-electron chi connectivity index (χ0n) is 13.0. The predicted molar refractivity (Wildman–Crippen MR) is 78.7 cm³/mol. The van der Waals surface area contributed by atoms with Gasteiger partial charge >= 0.3 is 0 Å². The maximum atomic E-state index is 12.4. The second kappa shape index (κ2) is 5.08. The van der Waals surface area contributed by atoms with Crippen molar-refractivity contribution >= 4 is 5.91 Å². The minimum atomic E-state index is 0.0492. The average molecular weight is 266 g/mol. The zero-order chi connectivity index (χ0) is 14.3. The Hall–Kier alpha value is -0.570. The van der Waals surface area contributed by atoms with E-state index < -0.39 is 0 Å². The van der Waals surface area contributed by atoms with Gasteiger partial charge in [0, 0.05) is 12.1 Å². The third-order valence-corrected chi connectivity index (χ3v) is 4.81. The quantitative estimate of drug-likeness (QED) is 0.807. The van der Waals surface area contributed by atoms with Gasteiger partial charge in [0.25, 0.3) is 0 Å². The Kier molecular flexibility index (Phi) is 3.97. The van der Waals surface area contributed by atoms with Crippen molar-refractivity contribution in [2.45, 2.75) is 78.3 Å². The van der Waals surface area contributed by atoms with E-state index in [1.807, 2.05) is 0 Å². The van der Waals surface area contributed by atoms with Crippen molar-refractivity contribution in [1.82, 2.24) is 5.32 Å². The molecule has 3 nitrogen and oxygen atoms in total. The summed E-state index contributed by atoms with van der Waals surface area (Å²) in [5, 5.41) is 3.28. The molecule has 0 heterocycles. The van der Waals surface area contributed by atoms with Gasteiger partial charge in [0.15, 0.2) is 0 Å². The summed E-state index contributed by atoms with van der Waals surface area (Å²) in [6, 6.07) is 0.392. The monoisotopic (exact) mass is 266 g/mol. The molecule has 0 aromatic heterocycles. The first kappa shape index (κ1) is 14.8. The molecule has 0 aliphatic heterocycles. The van der Waals surface area contributed by atoms with E-state index in [1.165, 1.54) is 6.42 Å². The van der Waals surface area contributed by atoms with Crippen LogP contribution in [0.25, 0.3) is 0 Å². The summed E-state index contributed by atoms with van der Waals surface area (Å²) in [6.45, 7) is 9.26. The number of amides is 1. The predicted octanol–water partition coefficient (Wildman–Crippen LogP) is 2.83. The third-order valence-electron chi connectivity index (χ3n) is 4.81. The topological polar surface area (TPSA) is 55.1 Å². The highest BCUT2D eigenvalue weighted by atomic mass is 16.2. The summed E-state index contributed by atoms with van der Waals surface area (Å²) >= 11 is 0. The van der Waals surface area contributed by atoms with E-state index in [2.05, 4.69) is 33.0 Å². The van der Waals surface area contributed by atoms with E-state index in [0.717, 1.165) is 32.1 Å². The van der Waals surface area contributed by atoms with Gasteiger partial charge in [-0.3, -0.25) is 4.79 Å². The van der Waals surface area contributed by atoms with Crippen LogP contribution >= 0.6 is 0 Å². The van der Waals surface area contributed by atoms with Crippen molar-refractivity contribution in [2.24, 2.45) is 22.5 Å². The first-order valence-electron chi connectivity index (χ1n) is 7.75. The molecule has 2 aliphatic carbocycles. The largest absolute Gasteiger partial charge is 0.353 e. The van der Waals surface area contributed by atoms with Gasteiger partial charge in [-0.2, -0.15) is 0 Å². The summed E-state index contributed by atoms with van der Waals surface area (Å²) in [5.41, 5.74) is 6.66. The number of nitrogens with two attached hydrogens (primary N) is 1. The molecule has 3 heteroatoms. The normalized spacial score (nSPS) is 34.2. The molecular formula is C16H30N2O. The summed E-state index contributed by atoms with van der Waals surface area (Å²) in [6.07, 6.45) is 6.47. The summed E-state index contributed by atoms with van der Waals surface area (Å²) < 4.78 is 0. The van der Waals surface area contributed by atoms with Gasteiger partial charge in [-0.05, 0) is 42.9 Å². The maximum Gasteiger partial charge on any atom is 0.224 e. The Morgan fingerprint density at radius 1 is 1.11 bits per heavy atom. The molecule has 2 aliphatic rings. The first-order valence-corrected chi connectivity index (χ1v) is 7.75. The lowest BCUT2D eigenvalue weighted by molar-refractivity contribution is -0.126. The van der Waals surface area contributed by atoms with Crippen molar-refractivity contribution in [3.63, 3.8) is 0 Å². The number of hydrogen-bond acceptors (Lipinski definition) is 2. The number of carbonyl (C=O) groups excluding carboxylic acids is 1. The number of rotatable bonds is 2. The molecule has 0 spiro atoms. The SMILES string of the molecule is CC1(C)CC(NC(=O)C2CCCC2N)CC(C)(C)C1. The van der Waals surface area contributed by atoms with Gasteiger partial charge < -0.3 is 11.1 Å². The lowest BCUT2D eigenvalue weighted by atomic mass is 9.63. The second-order valence-electron chi connectivity index (χ2n) is 8.32. The maximum absolute atomic E-state index is 12.4. The van der Waals surface area contributed by atoms with E-state index in [9.17, 15) is 4.79 Å². The molecule has 1 amide bonds. The fourth-order valence-electron chi connectivity index (χ4n) is 4.57. The molecule has 2 saturated carbocycles. The van der Waals surface area contributed by atoms with Gasteiger partial charge in [-0.15, -0.1) is 0 Å². The van der Waals surface area contributed by atoms with E-state index in [0.29, 0.717) is 16.9 Å². The van der Waals surface area contributed by atoms with Crippen LogP contribution in [0, 0.1) is 16.7 Å². The molecule has 19 heavy (non-hydrogen) atoms. The van der Waals surface area contributed by atoms with Crippen LogP contribution in [0.3, 0.4) is 0 Å². The molecule has 2 atom stereocenters. The fourth-order valence-corrected chi connectivity index (χ4v) is 4.57. The molecule has 0 aromatic rings. The lowest BCUT2D eigenvalue weighted by Gasteiger charge is -2.45. The van der Waals surface area contributed by atoms with Crippen LogP contribution in [0.15, 0.2) is 0 Å². The van der Waals surface area contributed by atoms with Crippen LogP contribution in [0.4, 0.5) is 0 Å².